The minimum Gasteiger partial charge on any atom is -0.310 e. The minimum atomic E-state index is -0.149. The lowest BCUT2D eigenvalue weighted by Gasteiger charge is -2.61. The SMILES string of the molecule is CC1(C)c2ccccc2-c2cccc(N(c3ccc(-c4ccccc4)cc3)c3ccc(-c4ccc(-c5cccc6c5C5(c7ccccc7-6)C6CC7CC(C6)CC5C7)cc4)cc3)c21.c1ccc(-c2ccc(N(c3ccc(-c4ccc(-c5cccc6c5C5(c7ccccc7-6)C6CC7CC(C6)CC5C7)cc4)cc3)c3ccc4c(c3)c3ccccc3n4-c3ccccc3)cc2)cc1. The second-order valence-electron chi connectivity index (χ2n) is 39.4. The van der Waals surface area contributed by atoms with Gasteiger partial charge in [-0.3, -0.25) is 0 Å². The third-order valence-corrected chi connectivity index (χ3v) is 32.6. The molecule has 2 spiro atoms. The van der Waals surface area contributed by atoms with Crippen LogP contribution >= 0.6 is 0 Å². The van der Waals surface area contributed by atoms with Crippen molar-refractivity contribution < 1.29 is 0 Å². The summed E-state index contributed by atoms with van der Waals surface area (Å²) >= 11 is 0. The fraction of sp³-hybridized carbons (Fsp3) is 0.184. The lowest BCUT2D eigenvalue weighted by Crippen LogP contribution is -2.55. The van der Waals surface area contributed by atoms with Gasteiger partial charge in [0, 0.05) is 61.1 Å². The Morgan fingerprint density at radius 3 is 0.961 bits per heavy atom. The van der Waals surface area contributed by atoms with Crippen molar-refractivity contribution in [2.24, 2.45) is 47.3 Å². The quantitative estimate of drug-likeness (QED) is 0.114. The minimum absolute atomic E-state index is 0.141. The molecule has 8 bridgehead atoms. The first-order chi connectivity index (χ1) is 63.1. The van der Waals surface area contributed by atoms with Crippen molar-refractivity contribution in [3.05, 3.63) is 440 Å². The van der Waals surface area contributed by atoms with Crippen LogP contribution in [0.25, 0.3) is 128 Å². The standard InChI is InChI=1S/C64H50N2.C61H51N/c1-3-12-44(13-4-1)46-26-30-52(31-27-46)65(54-34-35-62-59(41-54)57-17-8-10-21-61(57)66(62)51-14-5-2-6-15-51)53-32-28-47(29-33-53)45-22-24-48(25-23-45)55-18-11-19-58-56-16-7-9-20-60(56)64(63(55)58)49-37-42-36-43(39-49)40-50(64)38-42;1-60(2)55-19-8-6-14-51(55)54-18-11-21-57(59(54)60)62(48-30-26-43(27-31-48)41-12-4-3-5-13-41)49-32-28-44(29-33-49)42-22-24-45(25-23-42)50-16-10-17-53-52-15-7-9-20-56(52)61(58(50)53)46-35-39-34-40(37-46)38-47(61)36-39/h1-35,41-43,49-50H,36-40H2;3-33,39-40,46-47H,34-38H2,1-2H3. The Kier molecular flexibility index (Phi) is 17.5. The van der Waals surface area contributed by atoms with E-state index >= 15 is 0 Å². The van der Waals surface area contributed by atoms with Crippen molar-refractivity contribution in [3.8, 4) is 106 Å². The summed E-state index contributed by atoms with van der Waals surface area (Å²) in [6.07, 6.45) is 14.1. The van der Waals surface area contributed by atoms with E-state index in [0.717, 1.165) is 75.8 Å². The summed E-state index contributed by atoms with van der Waals surface area (Å²) in [5, 5.41) is 2.48. The molecule has 0 aliphatic heterocycles. The molecule has 11 aliphatic carbocycles. The molecule has 29 rings (SSSR count). The summed E-state index contributed by atoms with van der Waals surface area (Å²) in [6, 6.07) is 153. The lowest BCUT2D eigenvalue weighted by atomic mass is 9.42. The number of rotatable bonds is 13. The predicted molar refractivity (Wildman–Crippen MR) is 533 cm³/mol. The highest BCUT2D eigenvalue weighted by Gasteiger charge is 2.64. The highest BCUT2D eigenvalue weighted by molar-refractivity contribution is 6.11. The molecule has 128 heavy (non-hydrogen) atoms. The van der Waals surface area contributed by atoms with E-state index in [4.69, 9.17) is 0 Å². The summed E-state index contributed by atoms with van der Waals surface area (Å²) in [6.45, 7) is 4.77. The number of hydrogen-bond acceptors (Lipinski definition) is 2. The molecular formula is C125H101N3. The summed E-state index contributed by atoms with van der Waals surface area (Å²) < 4.78 is 2.39. The summed E-state index contributed by atoms with van der Waals surface area (Å²) in [5.41, 5.74) is 43.9. The van der Waals surface area contributed by atoms with Crippen molar-refractivity contribution in [3.63, 3.8) is 0 Å². The maximum Gasteiger partial charge on any atom is 0.0542 e. The molecule has 8 fully saturated rings. The van der Waals surface area contributed by atoms with Gasteiger partial charge in [-0.1, -0.05) is 329 Å². The van der Waals surface area contributed by atoms with E-state index in [0.29, 0.717) is 0 Å². The van der Waals surface area contributed by atoms with Crippen LogP contribution < -0.4 is 9.80 Å². The lowest BCUT2D eigenvalue weighted by molar-refractivity contribution is -0.0397. The molecule has 0 radical (unpaired) electrons. The number of hydrogen-bond donors (Lipinski definition) is 0. The second-order valence-corrected chi connectivity index (χ2v) is 39.4. The fourth-order valence-electron chi connectivity index (χ4n) is 27.9. The maximum absolute atomic E-state index is 2.50. The molecule has 0 saturated heterocycles. The van der Waals surface area contributed by atoms with Crippen molar-refractivity contribution >= 4 is 55.9 Å². The first kappa shape index (κ1) is 75.5. The van der Waals surface area contributed by atoms with Crippen molar-refractivity contribution in [2.45, 2.75) is 94.3 Å². The van der Waals surface area contributed by atoms with E-state index in [9.17, 15) is 0 Å². The first-order valence-electron chi connectivity index (χ1n) is 47.3. The van der Waals surface area contributed by atoms with Gasteiger partial charge in [0.1, 0.15) is 0 Å². The zero-order valence-corrected chi connectivity index (χ0v) is 72.7. The van der Waals surface area contributed by atoms with Gasteiger partial charge in [0.2, 0.25) is 0 Å². The second kappa shape index (κ2) is 29.6. The summed E-state index contributed by atoms with van der Waals surface area (Å²) in [5.74, 6) is 6.71. The molecule has 3 nitrogen and oxygen atoms in total. The molecule has 0 N–H and O–H groups in total. The Hall–Kier alpha value is -13.9. The average Bonchev–Trinajstić information content (AvgIpc) is 1.49. The molecule has 1 heterocycles. The molecule has 8 saturated carbocycles. The molecule has 17 aromatic carbocycles. The zero-order valence-electron chi connectivity index (χ0n) is 72.7. The van der Waals surface area contributed by atoms with Crippen LogP contribution in [0.15, 0.2) is 406 Å². The maximum atomic E-state index is 2.50. The first-order valence-corrected chi connectivity index (χ1v) is 47.3. The molecule has 616 valence electrons. The van der Waals surface area contributed by atoms with Crippen LogP contribution in [0.1, 0.15) is 111 Å². The van der Waals surface area contributed by atoms with E-state index in [1.807, 2.05) is 0 Å². The van der Waals surface area contributed by atoms with Gasteiger partial charge < -0.3 is 14.4 Å². The number of benzene rings is 17. The Morgan fingerprint density at radius 1 is 0.219 bits per heavy atom. The number of aromatic nitrogens is 1. The largest absolute Gasteiger partial charge is 0.310 e. The number of anilines is 6. The molecule has 18 aromatic rings. The fourth-order valence-corrected chi connectivity index (χ4v) is 27.9. The van der Waals surface area contributed by atoms with Crippen LogP contribution in [0, 0.1) is 47.3 Å². The molecule has 3 heteroatoms. The smallest absolute Gasteiger partial charge is 0.0542 e. The normalized spacial score (nSPS) is 22.0. The zero-order chi connectivity index (χ0) is 84.5. The van der Waals surface area contributed by atoms with Gasteiger partial charge in [-0.15, -0.1) is 0 Å². The summed E-state index contributed by atoms with van der Waals surface area (Å²) in [4.78, 5) is 4.88. The number of fused-ring (bicyclic) bond motifs is 12. The van der Waals surface area contributed by atoms with Gasteiger partial charge in [0.25, 0.3) is 0 Å². The molecular weight excluding hydrogens is 1540 g/mol. The van der Waals surface area contributed by atoms with Gasteiger partial charge in [-0.05, 0) is 336 Å². The Morgan fingerprint density at radius 2 is 0.523 bits per heavy atom. The Bertz CT molecular complexity index is 7310. The van der Waals surface area contributed by atoms with Gasteiger partial charge >= 0.3 is 0 Å². The van der Waals surface area contributed by atoms with Crippen molar-refractivity contribution in [1.29, 1.82) is 0 Å². The van der Waals surface area contributed by atoms with Crippen LogP contribution in [0.5, 0.6) is 0 Å². The number of para-hydroxylation sites is 2. The highest BCUT2D eigenvalue weighted by Crippen LogP contribution is 2.73. The highest BCUT2D eigenvalue weighted by atomic mass is 15.2. The topological polar surface area (TPSA) is 11.4 Å². The van der Waals surface area contributed by atoms with E-state index < -0.39 is 0 Å². The van der Waals surface area contributed by atoms with Gasteiger partial charge in [0.15, 0.2) is 0 Å². The van der Waals surface area contributed by atoms with E-state index in [2.05, 4.69) is 435 Å². The third-order valence-electron chi connectivity index (χ3n) is 32.6. The van der Waals surface area contributed by atoms with E-state index in [-0.39, 0.29) is 16.2 Å². The van der Waals surface area contributed by atoms with E-state index in [1.54, 1.807) is 22.3 Å². The Labute approximate surface area is 752 Å². The van der Waals surface area contributed by atoms with E-state index in [1.165, 1.54) is 209 Å². The van der Waals surface area contributed by atoms with Gasteiger partial charge in [-0.2, -0.15) is 0 Å². The predicted octanol–water partition coefficient (Wildman–Crippen LogP) is 33.2. The van der Waals surface area contributed by atoms with Crippen molar-refractivity contribution in [2.75, 3.05) is 9.80 Å². The van der Waals surface area contributed by atoms with Crippen LogP contribution in [-0.2, 0) is 16.2 Å². The monoisotopic (exact) mass is 1640 g/mol. The Balaban J connectivity index is 0.000000136. The van der Waals surface area contributed by atoms with Crippen LogP contribution in [0.2, 0.25) is 0 Å². The van der Waals surface area contributed by atoms with Crippen molar-refractivity contribution in [1.82, 2.24) is 4.57 Å². The molecule has 0 amide bonds. The molecule has 0 atom stereocenters. The third kappa shape index (κ3) is 11.6. The van der Waals surface area contributed by atoms with Gasteiger partial charge in [-0.25, -0.2) is 0 Å². The number of nitrogens with zero attached hydrogens (tertiary/aromatic N) is 3. The molecule has 11 aliphatic rings. The molecule has 0 unspecified atom stereocenters. The molecule has 1 aromatic heterocycles. The van der Waals surface area contributed by atoms with Gasteiger partial charge in [0.05, 0.1) is 16.7 Å². The summed E-state index contributed by atoms with van der Waals surface area (Å²) in [7, 11) is 0. The van der Waals surface area contributed by atoms with Crippen LogP contribution in [-0.4, -0.2) is 4.57 Å². The van der Waals surface area contributed by atoms with Crippen LogP contribution in [0.4, 0.5) is 34.1 Å². The average molecular weight is 1650 g/mol. The van der Waals surface area contributed by atoms with Crippen LogP contribution in [0.3, 0.4) is 0 Å².